The Morgan fingerprint density at radius 1 is 1.35 bits per heavy atom. The van der Waals surface area contributed by atoms with Crippen molar-refractivity contribution in [2.24, 2.45) is 0 Å². The minimum atomic E-state index is -1.15. The Morgan fingerprint density at radius 3 is 2.70 bits per heavy atom. The van der Waals surface area contributed by atoms with E-state index < -0.39 is 11.8 Å². The molecule has 1 aliphatic rings. The Bertz CT molecular complexity index is 756. The lowest BCUT2D eigenvalue weighted by molar-refractivity contribution is -0.180. The van der Waals surface area contributed by atoms with Crippen LogP contribution in [0.2, 0.25) is 0 Å². The van der Waals surface area contributed by atoms with E-state index in [1.807, 2.05) is 0 Å². The Hall–Kier alpha value is -2.47. The standard InChI is InChI=1S/C17H16FNO4/c1-17(2)22-9-13-11(7-10-3-5-12(18)6-4-10)8-19-14(16(20)21)15(13)23-17/h3-6,8H,7,9H2,1-2H3,(H,20,21). The summed E-state index contributed by atoms with van der Waals surface area (Å²) in [6.45, 7) is 3.67. The van der Waals surface area contributed by atoms with Gasteiger partial charge in [0.05, 0.1) is 6.61 Å². The Morgan fingerprint density at radius 2 is 2.04 bits per heavy atom. The van der Waals surface area contributed by atoms with Crippen molar-refractivity contribution in [1.82, 2.24) is 4.98 Å². The zero-order valence-electron chi connectivity index (χ0n) is 12.8. The van der Waals surface area contributed by atoms with E-state index in [4.69, 9.17) is 9.47 Å². The van der Waals surface area contributed by atoms with Crippen LogP contribution in [0, 0.1) is 5.82 Å². The molecule has 1 aliphatic heterocycles. The van der Waals surface area contributed by atoms with Gasteiger partial charge in [-0.1, -0.05) is 12.1 Å². The first-order chi connectivity index (χ1) is 10.9. The third kappa shape index (κ3) is 3.17. The maximum absolute atomic E-state index is 13.0. The summed E-state index contributed by atoms with van der Waals surface area (Å²) in [4.78, 5) is 15.4. The third-order valence-electron chi connectivity index (χ3n) is 3.65. The zero-order valence-corrected chi connectivity index (χ0v) is 12.8. The van der Waals surface area contributed by atoms with Crippen molar-refractivity contribution in [1.29, 1.82) is 0 Å². The minimum Gasteiger partial charge on any atom is -0.476 e. The number of fused-ring (bicyclic) bond motifs is 1. The molecule has 0 spiro atoms. The smallest absolute Gasteiger partial charge is 0.358 e. The largest absolute Gasteiger partial charge is 0.476 e. The first-order valence-electron chi connectivity index (χ1n) is 7.17. The van der Waals surface area contributed by atoms with Gasteiger partial charge in [0.25, 0.3) is 0 Å². The first kappa shape index (κ1) is 15.4. The zero-order chi connectivity index (χ0) is 16.6. The van der Waals surface area contributed by atoms with Gasteiger partial charge in [0, 0.05) is 25.6 Å². The van der Waals surface area contributed by atoms with Gasteiger partial charge in [0.2, 0.25) is 5.79 Å². The second-order valence-electron chi connectivity index (χ2n) is 5.84. The lowest BCUT2D eigenvalue weighted by atomic mass is 9.99. The van der Waals surface area contributed by atoms with Gasteiger partial charge in [-0.25, -0.2) is 14.2 Å². The summed E-state index contributed by atoms with van der Waals surface area (Å²) < 4.78 is 24.3. The number of hydrogen-bond acceptors (Lipinski definition) is 4. The Labute approximate surface area is 132 Å². The molecular formula is C17H16FNO4. The van der Waals surface area contributed by atoms with E-state index in [0.717, 1.165) is 11.1 Å². The Kier molecular flexibility index (Phi) is 3.77. The molecule has 120 valence electrons. The molecule has 1 aromatic carbocycles. The molecule has 0 atom stereocenters. The summed E-state index contributed by atoms with van der Waals surface area (Å²) in [7, 11) is 0. The van der Waals surface area contributed by atoms with Crippen LogP contribution < -0.4 is 4.74 Å². The molecule has 1 N–H and O–H groups in total. The maximum Gasteiger partial charge on any atom is 0.358 e. The lowest BCUT2D eigenvalue weighted by Crippen LogP contribution is -2.36. The van der Waals surface area contributed by atoms with Crippen LogP contribution in [-0.2, 0) is 17.8 Å². The normalized spacial score (nSPS) is 15.6. The van der Waals surface area contributed by atoms with Gasteiger partial charge in [-0.2, -0.15) is 0 Å². The van der Waals surface area contributed by atoms with Gasteiger partial charge in [0.15, 0.2) is 11.4 Å². The number of hydrogen-bond donors (Lipinski definition) is 1. The van der Waals surface area contributed by atoms with Crippen molar-refractivity contribution in [3.05, 3.63) is 58.7 Å². The van der Waals surface area contributed by atoms with Crippen molar-refractivity contribution in [3.63, 3.8) is 0 Å². The summed E-state index contributed by atoms with van der Waals surface area (Å²) in [6, 6.07) is 6.14. The summed E-state index contributed by atoms with van der Waals surface area (Å²) in [5.41, 5.74) is 2.23. The highest BCUT2D eigenvalue weighted by atomic mass is 19.1. The molecule has 0 saturated heterocycles. The van der Waals surface area contributed by atoms with Gasteiger partial charge < -0.3 is 14.6 Å². The molecule has 0 amide bonds. The topological polar surface area (TPSA) is 68.7 Å². The lowest BCUT2D eigenvalue weighted by Gasteiger charge is -2.34. The molecule has 1 aromatic heterocycles. The number of carboxylic acids is 1. The average molecular weight is 317 g/mol. The minimum absolute atomic E-state index is 0.126. The van der Waals surface area contributed by atoms with Crippen LogP contribution in [-0.4, -0.2) is 21.8 Å². The van der Waals surface area contributed by atoms with Crippen LogP contribution in [0.15, 0.2) is 30.5 Å². The molecule has 0 bridgehead atoms. The predicted octanol–water partition coefficient (Wildman–Crippen LogP) is 3.15. The molecule has 0 radical (unpaired) electrons. The molecule has 0 saturated carbocycles. The number of aromatic nitrogens is 1. The summed E-state index contributed by atoms with van der Waals surface area (Å²) in [6.07, 6.45) is 2.00. The van der Waals surface area contributed by atoms with Crippen LogP contribution in [0.25, 0.3) is 0 Å². The number of benzene rings is 1. The van der Waals surface area contributed by atoms with Crippen LogP contribution in [0.4, 0.5) is 4.39 Å². The van der Waals surface area contributed by atoms with Gasteiger partial charge in [-0.15, -0.1) is 0 Å². The van der Waals surface area contributed by atoms with Crippen molar-refractivity contribution < 1.29 is 23.8 Å². The monoisotopic (exact) mass is 317 g/mol. The molecule has 6 heteroatoms. The highest BCUT2D eigenvalue weighted by Crippen LogP contribution is 2.36. The molecule has 5 nitrogen and oxygen atoms in total. The van der Waals surface area contributed by atoms with Crippen molar-refractivity contribution in [2.75, 3.05) is 0 Å². The molecule has 0 fully saturated rings. The van der Waals surface area contributed by atoms with Crippen LogP contribution >= 0.6 is 0 Å². The Balaban J connectivity index is 2.02. The van der Waals surface area contributed by atoms with E-state index in [2.05, 4.69) is 4.98 Å². The summed E-state index contributed by atoms with van der Waals surface area (Å²) in [5.74, 6) is -2.11. The number of ether oxygens (including phenoxy) is 2. The number of pyridine rings is 1. The van der Waals surface area contributed by atoms with Gasteiger partial charge in [-0.05, 0) is 29.7 Å². The van der Waals surface area contributed by atoms with E-state index in [-0.39, 0.29) is 23.9 Å². The van der Waals surface area contributed by atoms with Crippen molar-refractivity contribution in [3.8, 4) is 5.75 Å². The fraction of sp³-hybridized carbons (Fsp3) is 0.294. The molecule has 23 heavy (non-hydrogen) atoms. The van der Waals surface area contributed by atoms with Crippen LogP contribution in [0.5, 0.6) is 5.75 Å². The van der Waals surface area contributed by atoms with Crippen molar-refractivity contribution in [2.45, 2.75) is 32.7 Å². The fourth-order valence-electron chi connectivity index (χ4n) is 2.48. The number of aromatic carboxylic acids is 1. The molecule has 2 aromatic rings. The van der Waals surface area contributed by atoms with E-state index in [9.17, 15) is 14.3 Å². The molecule has 0 unspecified atom stereocenters. The fourth-order valence-corrected chi connectivity index (χ4v) is 2.48. The van der Waals surface area contributed by atoms with Crippen LogP contribution in [0.3, 0.4) is 0 Å². The number of halogens is 1. The number of nitrogens with zero attached hydrogens (tertiary/aromatic N) is 1. The summed E-state index contributed by atoms with van der Waals surface area (Å²) >= 11 is 0. The van der Waals surface area contributed by atoms with Gasteiger partial charge in [-0.3, -0.25) is 0 Å². The van der Waals surface area contributed by atoms with E-state index in [1.54, 1.807) is 26.0 Å². The maximum atomic E-state index is 13.0. The van der Waals surface area contributed by atoms with E-state index in [0.29, 0.717) is 12.0 Å². The third-order valence-corrected chi connectivity index (χ3v) is 3.65. The quantitative estimate of drug-likeness (QED) is 0.942. The van der Waals surface area contributed by atoms with E-state index >= 15 is 0 Å². The molecule has 2 heterocycles. The first-order valence-corrected chi connectivity index (χ1v) is 7.17. The molecule has 0 aliphatic carbocycles. The predicted molar refractivity (Wildman–Crippen MR) is 79.9 cm³/mol. The average Bonchev–Trinajstić information content (AvgIpc) is 2.48. The SMILES string of the molecule is CC1(C)OCc2c(Cc3ccc(F)cc3)cnc(C(=O)O)c2O1. The van der Waals surface area contributed by atoms with Crippen LogP contribution in [0.1, 0.15) is 41.0 Å². The van der Waals surface area contributed by atoms with Gasteiger partial charge >= 0.3 is 5.97 Å². The highest BCUT2D eigenvalue weighted by Gasteiger charge is 2.33. The highest BCUT2D eigenvalue weighted by molar-refractivity contribution is 5.89. The second kappa shape index (κ2) is 5.62. The van der Waals surface area contributed by atoms with Crippen molar-refractivity contribution >= 4 is 5.97 Å². The second-order valence-corrected chi connectivity index (χ2v) is 5.84. The molecule has 3 rings (SSSR count). The number of rotatable bonds is 3. The number of carbonyl (C=O) groups is 1. The number of carboxylic acid groups (broad SMARTS) is 1. The molecular weight excluding hydrogens is 301 g/mol. The van der Waals surface area contributed by atoms with E-state index in [1.165, 1.54) is 18.3 Å². The van der Waals surface area contributed by atoms with Gasteiger partial charge in [0.1, 0.15) is 5.82 Å². The summed E-state index contributed by atoms with van der Waals surface area (Å²) in [5, 5.41) is 9.30.